The summed E-state index contributed by atoms with van der Waals surface area (Å²) in [6, 6.07) is 14.4. The Bertz CT molecular complexity index is 823. The molecule has 0 aliphatic heterocycles. The molecule has 3 rings (SSSR count). The van der Waals surface area contributed by atoms with Gasteiger partial charge in [0, 0.05) is 22.9 Å². The molecule has 0 spiro atoms. The summed E-state index contributed by atoms with van der Waals surface area (Å²) in [7, 11) is 0. The fourth-order valence-electron chi connectivity index (χ4n) is 3.09. The van der Waals surface area contributed by atoms with Gasteiger partial charge in [-0.1, -0.05) is 13.8 Å². The maximum atomic E-state index is 5.87. The molecule has 166 valence electrons. The van der Waals surface area contributed by atoms with E-state index in [0.717, 1.165) is 72.3 Å². The van der Waals surface area contributed by atoms with Crippen molar-refractivity contribution in [3.8, 4) is 11.5 Å². The molecule has 0 aliphatic rings. The van der Waals surface area contributed by atoms with Crippen LogP contribution in [0.5, 0.6) is 11.5 Å². The third kappa shape index (κ3) is 7.61. The van der Waals surface area contributed by atoms with Crippen molar-refractivity contribution in [2.45, 2.75) is 26.7 Å². The number of pyridine rings is 1. The molecular formula is C23H34ClN3O3. The first kappa shape index (κ1) is 25.9. The zero-order valence-electron chi connectivity index (χ0n) is 17.9. The summed E-state index contributed by atoms with van der Waals surface area (Å²) in [5.74, 6) is 1.73. The first-order valence-corrected chi connectivity index (χ1v) is 10.3. The summed E-state index contributed by atoms with van der Waals surface area (Å²) in [4.78, 5) is 4.83. The molecule has 0 fully saturated rings. The second kappa shape index (κ2) is 14.0. The molecule has 6 nitrogen and oxygen atoms in total. The van der Waals surface area contributed by atoms with Crippen molar-refractivity contribution in [1.29, 1.82) is 0 Å². The monoisotopic (exact) mass is 435 g/mol. The average Bonchev–Trinajstić information content (AvgIpc) is 2.72. The van der Waals surface area contributed by atoms with E-state index >= 15 is 0 Å². The van der Waals surface area contributed by atoms with Gasteiger partial charge < -0.3 is 25.6 Å². The zero-order chi connectivity index (χ0) is 19.6. The number of nitrogens with one attached hydrogen (secondary N) is 2. The summed E-state index contributed by atoms with van der Waals surface area (Å²) in [6.07, 6.45) is 1.98. The van der Waals surface area contributed by atoms with Crippen molar-refractivity contribution in [2.24, 2.45) is 0 Å². The fraction of sp³-hybridized carbons (Fsp3) is 0.435. The van der Waals surface area contributed by atoms with Crippen LogP contribution in [0.1, 0.15) is 26.7 Å². The smallest absolute Gasteiger partial charge is 0.121 e. The van der Waals surface area contributed by atoms with Crippen molar-refractivity contribution >= 4 is 34.2 Å². The lowest BCUT2D eigenvalue weighted by Gasteiger charge is -2.09. The highest BCUT2D eigenvalue weighted by Crippen LogP contribution is 2.26. The van der Waals surface area contributed by atoms with Crippen molar-refractivity contribution in [2.75, 3.05) is 39.4 Å². The molecule has 2 aromatic carbocycles. The number of ether oxygens (including phenoxy) is 2. The summed E-state index contributed by atoms with van der Waals surface area (Å²) < 4.78 is 11.7. The molecule has 0 amide bonds. The molecule has 1 heterocycles. The molecular weight excluding hydrogens is 402 g/mol. The molecule has 0 radical (unpaired) electrons. The number of hydrogen-bond donors (Lipinski definition) is 2. The number of aromatic nitrogens is 1. The Hall–Kier alpha value is -2.12. The molecule has 3 aromatic rings. The van der Waals surface area contributed by atoms with Crippen molar-refractivity contribution in [1.82, 2.24) is 15.6 Å². The Morgan fingerprint density at radius 3 is 1.63 bits per heavy atom. The minimum atomic E-state index is 0. The second-order valence-corrected chi connectivity index (χ2v) is 6.81. The number of halogens is 1. The maximum Gasteiger partial charge on any atom is 0.121 e. The molecule has 7 heteroatoms. The van der Waals surface area contributed by atoms with Crippen LogP contribution in [0.25, 0.3) is 21.8 Å². The highest BCUT2D eigenvalue weighted by Gasteiger charge is 2.04. The lowest BCUT2D eigenvalue weighted by Crippen LogP contribution is -2.16. The van der Waals surface area contributed by atoms with Gasteiger partial charge in [0.15, 0.2) is 0 Å². The molecule has 0 atom stereocenters. The number of hydrogen-bond acceptors (Lipinski definition) is 5. The largest absolute Gasteiger partial charge is 0.493 e. The van der Waals surface area contributed by atoms with Gasteiger partial charge >= 0.3 is 0 Å². The van der Waals surface area contributed by atoms with Crippen LogP contribution >= 0.6 is 12.4 Å². The normalized spacial score (nSPS) is 10.5. The van der Waals surface area contributed by atoms with Crippen molar-refractivity contribution in [3.05, 3.63) is 42.5 Å². The lowest BCUT2D eigenvalue weighted by atomic mass is 10.1. The quantitative estimate of drug-likeness (QED) is 0.334. The van der Waals surface area contributed by atoms with E-state index in [4.69, 9.17) is 14.5 Å². The predicted molar refractivity (Wildman–Crippen MR) is 127 cm³/mol. The standard InChI is InChI=1S/C23H31N3O2.ClH.H2O/c1-3-24-11-5-13-27-20-9-7-18-15-19-8-10-21(28-14-6-12-25-4-2)17-23(19)26-22(18)16-20;;/h7-10,15-17,24-25H,3-6,11-14H2,1-2H3;1H;1H2. The van der Waals surface area contributed by atoms with Crippen LogP contribution in [0, 0.1) is 0 Å². The van der Waals surface area contributed by atoms with Gasteiger partial charge in [0.2, 0.25) is 0 Å². The lowest BCUT2D eigenvalue weighted by molar-refractivity contribution is 0.309. The van der Waals surface area contributed by atoms with Crippen LogP contribution in [-0.2, 0) is 0 Å². The van der Waals surface area contributed by atoms with Crippen molar-refractivity contribution < 1.29 is 14.9 Å². The highest BCUT2D eigenvalue weighted by molar-refractivity contribution is 5.93. The zero-order valence-corrected chi connectivity index (χ0v) is 18.7. The topological polar surface area (TPSA) is 86.9 Å². The number of benzene rings is 2. The predicted octanol–water partition coefficient (Wildman–Crippen LogP) is 3.74. The Kier molecular flexibility index (Phi) is 12.1. The van der Waals surface area contributed by atoms with Crippen LogP contribution in [-0.4, -0.2) is 49.9 Å². The Balaban J connectivity index is 0.00000225. The number of fused-ring (bicyclic) bond motifs is 2. The molecule has 1 aromatic heterocycles. The molecule has 0 bridgehead atoms. The second-order valence-electron chi connectivity index (χ2n) is 6.81. The van der Waals surface area contributed by atoms with Crippen LogP contribution in [0.2, 0.25) is 0 Å². The molecule has 0 unspecified atom stereocenters. The van der Waals surface area contributed by atoms with E-state index in [2.05, 4.69) is 42.7 Å². The van der Waals surface area contributed by atoms with Gasteiger partial charge in [-0.15, -0.1) is 12.4 Å². The summed E-state index contributed by atoms with van der Waals surface area (Å²) >= 11 is 0. The first-order valence-electron chi connectivity index (χ1n) is 10.3. The van der Waals surface area contributed by atoms with Gasteiger partial charge in [-0.05, 0) is 69.4 Å². The van der Waals surface area contributed by atoms with E-state index in [1.165, 1.54) is 0 Å². The van der Waals surface area contributed by atoms with E-state index in [1.807, 2.05) is 24.3 Å². The van der Waals surface area contributed by atoms with Gasteiger partial charge in [-0.25, -0.2) is 4.98 Å². The summed E-state index contributed by atoms with van der Waals surface area (Å²) in [5.41, 5.74) is 1.89. The minimum absolute atomic E-state index is 0. The number of nitrogens with zero attached hydrogens (tertiary/aromatic N) is 1. The SMILES string of the molecule is CCNCCCOc1ccc2cc3ccc(OCCCNCC)cc3nc2c1.Cl.O. The average molecular weight is 436 g/mol. The third-order valence-electron chi connectivity index (χ3n) is 4.59. The Morgan fingerprint density at radius 2 is 1.20 bits per heavy atom. The van der Waals surface area contributed by atoms with E-state index in [0.29, 0.717) is 13.2 Å². The maximum absolute atomic E-state index is 5.87. The highest BCUT2D eigenvalue weighted by atomic mass is 35.5. The van der Waals surface area contributed by atoms with Crippen molar-refractivity contribution in [3.63, 3.8) is 0 Å². The van der Waals surface area contributed by atoms with Gasteiger partial charge in [-0.3, -0.25) is 0 Å². The fourth-order valence-corrected chi connectivity index (χ4v) is 3.09. The number of rotatable bonds is 12. The van der Waals surface area contributed by atoms with Gasteiger partial charge in [0.05, 0.1) is 24.2 Å². The van der Waals surface area contributed by atoms with Crippen LogP contribution < -0.4 is 20.1 Å². The van der Waals surface area contributed by atoms with E-state index < -0.39 is 0 Å². The van der Waals surface area contributed by atoms with Gasteiger partial charge in [-0.2, -0.15) is 0 Å². The Morgan fingerprint density at radius 1 is 0.733 bits per heavy atom. The van der Waals surface area contributed by atoms with Crippen LogP contribution in [0.4, 0.5) is 0 Å². The molecule has 30 heavy (non-hydrogen) atoms. The molecule has 0 aliphatic carbocycles. The van der Waals surface area contributed by atoms with E-state index in [9.17, 15) is 0 Å². The van der Waals surface area contributed by atoms with E-state index in [-0.39, 0.29) is 17.9 Å². The summed E-state index contributed by atoms with van der Waals surface area (Å²) in [5, 5.41) is 8.85. The van der Waals surface area contributed by atoms with Crippen LogP contribution in [0.15, 0.2) is 42.5 Å². The summed E-state index contributed by atoms with van der Waals surface area (Å²) in [6.45, 7) is 9.58. The van der Waals surface area contributed by atoms with Gasteiger partial charge in [0.1, 0.15) is 11.5 Å². The first-order chi connectivity index (χ1) is 13.8. The van der Waals surface area contributed by atoms with E-state index in [1.54, 1.807) is 0 Å². The molecule has 0 saturated heterocycles. The van der Waals surface area contributed by atoms with Gasteiger partial charge in [0.25, 0.3) is 0 Å². The Labute approximate surface area is 185 Å². The molecule has 4 N–H and O–H groups in total. The third-order valence-corrected chi connectivity index (χ3v) is 4.59. The molecule has 0 saturated carbocycles. The minimum Gasteiger partial charge on any atom is -0.493 e. The van der Waals surface area contributed by atoms with Crippen LogP contribution in [0.3, 0.4) is 0 Å².